The van der Waals surface area contributed by atoms with E-state index in [1.807, 2.05) is 6.08 Å². The van der Waals surface area contributed by atoms with Crippen LogP contribution in [-0.2, 0) is 14.3 Å². The molecule has 9 heteroatoms. The van der Waals surface area contributed by atoms with Crippen molar-refractivity contribution in [1.82, 2.24) is 5.32 Å². The molecule has 1 saturated heterocycles. The van der Waals surface area contributed by atoms with Crippen LogP contribution in [-0.4, -0.2) is 87.5 Å². The molecule has 1 heterocycles. The SMILES string of the molecule is CCCC/C=C/CC/C=C/C(O)C(COC1OC(CO)C(O)C(O)C1O)NC(=O)CCCCCCC/C=C\CCCCCCCCC. The van der Waals surface area contributed by atoms with Crippen LogP contribution >= 0.6 is 0 Å². The van der Waals surface area contributed by atoms with E-state index in [9.17, 15) is 30.3 Å². The highest BCUT2D eigenvalue weighted by molar-refractivity contribution is 5.76. The lowest BCUT2D eigenvalue weighted by Gasteiger charge is -2.40. The van der Waals surface area contributed by atoms with E-state index in [-0.39, 0.29) is 12.5 Å². The molecule has 47 heavy (non-hydrogen) atoms. The highest BCUT2D eigenvalue weighted by atomic mass is 16.7. The molecule has 7 unspecified atom stereocenters. The minimum absolute atomic E-state index is 0.202. The average molecular weight is 668 g/mol. The second-order valence-corrected chi connectivity index (χ2v) is 13.0. The fraction of sp³-hybridized carbons (Fsp3) is 0.816. The predicted octanol–water partition coefficient (Wildman–Crippen LogP) is 6.16. The van der Waals surface area contributed by atoms with Gasteiger partial charge in [-0.2, -0.15) is 0 Å². The molecule has 0 aromatic carbocycles. The van der Waals surface area contributed by atoms with Crippen molar-refractivity contribution in [2.45, 2.75) is 185 Å². The number of hydrogen-bond acceptors (Lipinski definition) is 8. The third kappa shape index (κ3) is 21.2. The van der Waals surface area contributed by atoms with Crippen molar-refractivity contribution >= 4 is 5.91 Å². The number of unbranched alkanes of at least 4 members (excludes halogenated alkanes) is 15. The largest absolute Gasteiger partial charge is 0.394 e. The molecule has 1 rings (SSSR count). The highest BCUT2D eigenvalue weighted by Gasteiger charge is 2.44. The van der Waals surface area contributed by atoms with E-state index in [1.54, 1.807) is 6.08 Å². The number of aliphatic hydroxyl groups is 5. The van der Waals surface area contributed by atoms with Crippen LogP contribution in [0.15, 0.2) is 36.5 Å². The molecule has 1 fully saturated rings. The number of rotatable bonds is 29. The lowest BCUT2D eigenvalue weighted by atomic mass is 9.99. The smallest absolute Gasteiger partial charge is 0.220 e. The molecule has 0 spiro atoms. The minimum atomic E-state index is -1.57. The van der Waals surface area contributed by atoms with Gasteiger partial charge in [0.15, 0.2) is 6.29 Å². The molecule has 0 bridgehead atoms. The summed E-state index contributed by atoms with van der Waals surface area (Å²) in [6, 6.07) is -0.820. The summed E-state index contributed by atoms with van der Waals surface area (Å²) in [4.78, 5) is 12.8. The van der Waals surface area contributed by atoms with Crippen LogP contribution in [0, 0.1) is 0 Å². The Morgan fingerprint density at radius 1 is 0.702 bits per heavy atom. The van der Waals surface area contributed by atoms with E-state index in [2.05, 4.69) is 43.5 Å². The van der Waals surface area contributed by atoms with Gasteiger partial charge in [-0.1, -0.05) is 121 Å². The van der Waals surface area contributed by atoms with Gasteiger partial charge in [-0.05, 0) is 51.4 Å². The van der Waals surface area contributed by atoms with Gasteiger partial charge in [0, 0.05) is 6.42 Å². The number of carbonyl (C=O) groups is 1. The number of hydrogen-bond donors (Lipinski definition) is 6. The zero-order valence-electron chi connectivity index (χ0n) is 29.5. The Bertz CT molecular complexity index is 833. The molecule has 0 aromatic heterocycles. The van der Waals surface area contributed by atoms with E-state index in [4.69, 9.17) is 9.47 Å². The number of amides is 1. The molecular weight excluding hydrogens is 598 g/mol. The number of allylic oxidation sites excluding steroid dienone is 5. The molecule has 7 atom stereocenters. The van der Waals surface area contributed by atoms with Crippen molar-refractivity contribution in [3.63, 3.8) is 0 Å². The first-order valence-corrected chi connectivity index (χ1v) is 18.7. The highest BCUT2D eigenvalue weighted by Crippen LogP contribution is 2.22. The third-order valence-corrected chi connectivity index (χ3v) is 8.69. The van der Waals surface area contributed by atoms with Gasteiger partial charge in [-0.3, -0.25) is 4.79 Å². The Balaban J connectivity index is 2.43. The number of nitrogens with one attached hydrogen (secondary N) is 1. The maximum absolute atomic E-state index is 12.8. The van der Waals surface area contributed by atoms with Crippen molar-refractivity contribution in [2.75, 3.05) is 13.2 Å². The average Bonchev–Trinajstić information content (AvgIpc) is 3.07. The van der Waals surface area contributed by atoms with Gasteiger partial charge >= 0.3 is 0 Å². The zero-order valence-corrected chi connectivity index (χ0v) is 29.5. The molecule has 274 valence electrons. The topological polar surface area (TPSA) is 149 Å². The van der Waals surface area contributed by atoms with E-state index in [0.717, 1.165) is 70.6 Å². The van der Waals surface area contributed by atoms with Gasteiger partial charge in [-0.25, -0.2) is 0 Å². The number of ether oxygens (including phenoxy) is 2. The molecular formula is C38H69NO8. The normalized spacial score (nSPS) is 23.3. The lowest BCUT2D eigenvalue weighted by Crippen LogP contribution is -2.60. The molecule has 0 saturated carbocycles. The molecule has 6 N–H and O–H groups in total. The summed E-state index contributed by atoms with van der Waals surface area (Å²) >= 11 is 0. The standard InChI is InChI=1S/C38H69NO8/c1-3-5-7-9-11-13-14-15-16-17-18-19-20-22-24-26-28-34(42)39-31(32(41)27-25-23-21-12-10-8-6-4-2)30-46-38-37(45)36(44)35(43)33(29-40)47-38/h10,12,16-17,25,27,31-33,35-38,40-41,43-45H,3-9,11,13-15,18-24,26,28-30H2,1-2H3,(H,39,42)/b12-10+,17-16-,27-25+. The first-order valence-electron chi connectivity index (χ1n) is 18.7. The van der Waals surface area contributed by atoms with E-state index in [0.29, 0.717) is 6.42 Å². The Morgan fingerprint density at radius 2 is 1.23 bits per heavy atom. The summed E-state index contributed by atoms with van der Waals surface area (Å²) in [6.07, 6.45) is 26.3. The second-order valence-electron chi connectivity index (χ2n) is 13.0. The molecule has 0 aromatic rings. The molecule has 1 aliphatic heterocycles. The van der Waals surface area contributed by atoms with Crippen LogP contribution in [0.3, 0.4) is 0 Å². The number of carbonyl (C=O) groups excluding carboxylic acids is 1. The fourth-order valence-electron chi connectivity index (χ4n) is 5.56. The maximum atomic E-state index is 12.8. The van der Waals surface area contributed by atoms with Gasteiger partial charge in [0.05, 0.1) is 25.4 Å². The lowest BCUT2D eigenvalue weighted by molar-refractivity contribution is -0.302. The first kappa shape index (κ1) is 43.4. The van der Waals surface area contributed by atoms with Gasteiger partial charge in [0.2, 0.25) is 5.91 Å². The van der Waals surface area contributed by atoms with Crippen LogP contribution < -0.4 is 5.32 Å². The van der Waals surface area contributed by atoms with Crippen LogP contribution in [0.2, 0.25) is 0 Å². The summed E-state index contributed by atoms with van der Waals surface area (Å²) in [5.74, 6) is -0.202. The van der Waals surface area contributed by atoms with E-state index < -0.39 is 49.5 Å². The first-order chi connectivity index (χ1) is 22.8. The Kier molecular flexibility index (Phi) is 27.1. The fourth-order valence-corrected chi connectivity index (χ4v) is 5.56. The van der Waals surface area contributed by atoms with Crippen LogP contribution in [0.5, 0.6) is 0 Å². The summed E-state index contributed by atoms with van der Waals surface area (Å²) in [5, 5.41) is 53.6. The van der Waals surface area contributed by atoms with Gasteiger partial charge in [0.1, 0.15) is 24.4 Å². The van der Waals surface area contributed by atoms with Crippen LogP contribution in [0.1, 0.15) is 142 Å². The quantitative estimate of drug-likeness (QED) is 0.0411. The van der Waals surface area contributed by atoms with Gasteiger partial charge in [0.25, 0.3) is 0 Å². The van der Waals surface area contributed by atoms with E-state index >= 15 is 0 Å². The number of aliphatic hydroxyl groups excluding tert-OH is 5. The van der Waals surface area contributed by atoms with Crippen LogP contribution in [0.4, 0.5) is 0 Å². The zero-order chi connectivity index (χ0) is 34.5. The monoisotopic (exact) mass is 668 g/mol. The van der Waals surface area contributed by atoms with Crippen molar-refractivity contribution in [3.05, 3.63) is 36.5 Å². The molecule has 1 amide bonds. The molecule has 1 aliphatic rings. The summed E-state index contributed by atoms with van der Waals surface area (Å²) < 4.78 is 11.1. The van der Waals surface area contributed by atoms with Crippen molar-refractivity contribution < 1.29 is 39.8 Å². The second kappa shape index (κ2) is 29.3. The third-order valence-electron chi connectivity index (χ3n) is 8.69. The Labute approximate surface area is 285 Å². The van der Waals surface area contributed by atoms with E-state index in [1.165, 1.54) is 51.4 Å². The Morgan fingerprint density at radius 3 is 1.85 bits per heavy atom. The minimum Gasteiger partial charge on any atom is -0.394 e. The summed E-state index contributed by atoms with van der Waals surface area (Å²) in [5.41, 5.74) is 0. The summed E-state index contributed by atoms with van der Waals surface area (Å²) in [6.45, 7) is 3.64. The van der Waals surface area contributed by atoms with Crippen LogP contribution in [0.25, 0.3) is 0 Å². The Hall–Kier alpha value is -1.59. The van der Waals surface area contributed by atoms with Gasteiger partial charge < -0.3 is 40.3 Å². The van der Waals surface area contributed by atoms with Gasteiger partial charge in [-0.15, -0.1) is 0 Å². The maximum Gasteiger partial charge on any atom is 0.220 e. The summed E-state index contributed by atoms with van der Waals surface area (Å²) in [7, 11) is 0. The molecule has 0 radical (unpaired) electrons. The van der Waals surface area contributed by atoms with Crippen molar-refractivity contribution in [1.29, 1.82) is 0 Å². The molecule has 0 aliphatic carbocycles. The molecule has 9 nitrogen and oxygen atoms in total. The van der Waals surface area contributed by atoms with Crippen molar-refractivity contribution in [3.8, 4) is 0 Å². The predicted molar refractivity (Wildman–Crippen MR) is 189 cm³/mol. The van der Waals surface area contributed by atoms with Crippen molar-refractivity contribution in [2.24, 2.45) is 0 Å².